The van der Waals surface area contributed by atoms with Crippen LogP contribution in [0.15, 0.2) is 46.7 Å². The van der Waals surface area contributed by atoms with E-state index in [-0.39, 0.29) is 17.1 Å². The van der Waals surface area contributed by atoms with Gasteiger partial charge >= 0.3 is 5.97 Å². The minimum Gasteiger partial charge on any atom is -0.481 e. The molecule has 0 aliphatic carbocycles. The van der Waals surface area contributed by atoms with E-state index >= 15 is 0 Å². The highest BCUT2D eigenvalue weighted by atomic mass is 32.2. The monoisotopic (exact) mass is 391 g/mol. The molecular weight excluding hydrogens is 374 g/mol. The molecule has 0 atom stereocenters. The van der Waals surface area contributed by atoms with Crippen LogP contribution in [-0.4, -0.2) is 29.7 Å². The number of rotatable bonds is 7. The third-order valence-corrected chi connectivity index (χ3v) is 6.21. The van der Waals surface area contributed by atoms with E-state index in [2.05, 4.69) is 14.9 Å². The Morgan fingerprint density at radius 1 is 1.27 bits per heavy atom. The lowest BCUT2D eigenvalue weighted by atomic mass is 10.1. The second kappa shape index (κ2) is 7.30. The van der Waals surface area contributed by atoms with Crippen molar-refractivity contribution in [2.24, 2.45) is 0 Å². The highest BCUT2D eigenvalue weighted by Gasteiger charge is 2.17. The van der Waals surface area contributed by atoms with Gasteiger partial charge in [0.15, 0.2) is 5.82 Å². The normalized spacial score (nSPS) is 11.4. The van der Waals surface area contributed by atoms with E-state index in [4.69, 9.17) is 5.11 Å². The van der Waals surface area contributed by atoms with Crippen LogP contribution in [0.25, 0.3) is 10.6 Å². The molecule has 0 fully saturated rings. The number of carbonyl (C=O) groups is 1. The van der Waals surface area contributed by atoms with Crippen LogP contribution < -0.4 is 4.72 Å². The molecule has 2 heterocycles. The number of thiophene rings is 1. The first kappa shape index (κ1) is 18.2. The van der Waals surface area contributed by atoms with E-state index < -0.39 is 16.0 Å². The van der Waals surface area contributed by atoms with Crippen molar-refractivity contribution >= 4 is 33.1 Å². The number of sulfonamides is 1. The predicted octanol–water partition coefficient (Wildman–Crippen LogP) is 3.26. The quantitative estimate of drug-likeness (QED) is 0.572. The van der Waals surface area contributed by atoms with Gasteiger partial charge in [-0.15, -0.1) is 11.3 Å². The zero-order valence-corrected chi connectivity index (χ0v) is 15.5. The summed E-state index contributed by atoms with van der Waals surface area (Å²) in [6.07, 6.45) is 0.356. The first-order valence-electron chi connectivity index (χ1n) is 7.78. The molecule has 0 spiro atoms. The summed E-state index contributed by atoms with van der Waals surface area (Å²) in [6.45, 7) is 1.97. The molecule has 0 saturated carbocycles. The maximum Gasteiger partial charge on any atom is 0.303 e. The molecule has 1 aromatic carbocycles. The van der Waals surface area contributed by atoms with Gasteiger partial charge in [0.1, 0.15) is 0 Å². The Balaban J connectivity index is 1.74. The Bertz CT molecular complexity index is 1020. The van der Waals surface area contributed by atoms with Crippen molar-refractivity contribution in [3.8, 4) is 10.6 Å². The summed E-state index contributed by atoms with van der Waals surface area (Å²) < 4.78 is 27.4. The van der Waals surface area contributed by atoms with Gasteiger partial charge < -0.3 is 5.11 Å². The lowest BCUT2D eigenvalue weighted by Gasteiger charge is -2.06. The van der Waals surface area contributed by atoms with Gasteiger partial charge in [0, 0.05) is 12.5 Å². The maximum atomic E-state index is 12.5. The zero-order valence-electron chi connectivity index (χ0n) is 13.9. The molecule has 0 aliphatic rings. The average Bonchev–Trinajstić information content (AvgIpc) is 3.21. The van der Waals surface area contributed by atoms with Gasteiger partial charge in [-0.25, -0.2) is 8.42 Å². The van der Waals surface area contributed by atoms with E-state index in [0.29, 0.717) is 6.42 Å². The van der Waals surface area contributed by atoms with Crippen LogP contribution in [0.4, 0.5) is 5.82 Å². The van der Waals surface area contributed by atoms with Crippen LogP contribution in [0.3, 0.4) is 0 Å². The minimum absolute atomic E-state index is 0.00251. The number of aromatic nitrogens is 2. The summed E-state index contributed by atoms with van der Waals surface area (Å²) in [6, 6.07) is 9.77. The van der Waals surface area contributed by atoms with E-state index in [1.165, 1.54) is 12.1 Å². The second-order valence-electron chi connectivity index (χ2n) is 5.74. The smallest absolute Gasteiger partial charge is 0.303 e. The van der Waals surface area contributed by atoms with Crippen LogP contribution in [0.2, 0.25) is 0 Å². The summed E-state index contributed by atoms with van der Waals surface area (Å²) in [5.41, 5.74) is 2.60. The fourth-order valence-electron chi connectivity index (χ4n) is 2.42. The Kier molecular flexibility index (Phi) is 5.10. The minimum atomic E-state index is -3.77. The molecule has 0 unspecified atom stereocenters. The van der Waals surface area contributed by atoms with Gasteiger partial charge in [0.2, 0.25) is 0 Å². The highest BCUT2D eigenvalue weighted by molar-refractivity contribution is 7.92. The molecule has 0 aliphatic heterocycles. The first-order chi connectivity index (χ1) is 12.3. The molecule has 0 radical (unpaired) electrons. The van der Waals surface area contributed by atoms with Gasteiger partial charge in [-0.05, 0) is 48.1 Å². The molecule has 3 rings (SSSR count). The zero-order chi connectivity index (χ0) is 18.7. The molecule has 136 valence electrons. The van der Waals surface area contributed by atoms with E-state index in [9.17, 15) is 13.2 Å². The van der Waals surface area contributed by atoms with Gasteiger partial charge in [-0.3, -0.25) is 14.6 Å². The van der Waals surface area contributed by atoms with E-state index in [1.807, 2.05) is 18.4 Å². The molecular formula is C17H17N3O4S2. The number of hydrogen-bond donors (Lipinski definition) is 3. The van der Waals surface area contributed by atoms with Gasteiger partial charge in [0.05, 0.1) is 15.5 Å². The first-order valence-corrected chi connectivity index (χ1v) is 10.1. The molecule has 0 bridgehead atoms. The topological polar surface area (TPSA) is 112 Å². The number of nitrogens with one attached hydrogen (secondary N) is 2. The number of carboxylic acid groups (broad SMARTS) is 1. The van der Waals surface area contributed by atoms with E-state index in [0.717, 1.165) is 21.7 Å². The lowest BCUT2D eigenvalue weighted by molar-refractivity contribution is -0.136. The Morgan fingerprint density at radius 3 is 2.62 bits per heavy atom. The van der Waals surface area contributed by atoms with Gasteiger partial charge in [-0.1, -0.05) is 12.1 Å². The Labute approximate surface area is 154 Å². The van der Waals surface area contributed by atoms with Gasteiger partial charge in [-0.2, -0.15) is 5.10 Å². The molecule has 0 amide bonds. The lowest BCUT2D eigenvalue weighted by Crippen LogP contribution is -2.13. The summed E-state index contributed by atoms with van der Waals surface area (Å²) in [5, 5.41) is 17.5. The van der Waals surface area contributed by atoms with Crippen LogP contribution in [-0.2, 0) is 21.2 Å². The largest absolute Gasteiger partial charge is 0.481 e. The van der Waals surface area contributed by atoms with Crippen molar-refractivity contribution in [3.05, 3.63) is 52.9 Å². The molecule has 3 aromatic rings. The molecule has 9 heteroatoms. The van der Waals surface area contributed by atoms with Crippen molar-refractivity contribution in [1.29, 1.82) is 0 Å². The maximum absolute atomic E-state index is 12.5. The molecule has 0 saturated heterocycles. The Hall–Kier alpha value is -2.65. The number of aliphatic carboxylic acids is 1. The van der Waals surface area contributed by atoms with Crippen molar-refractivity contribution in [2.75, 3.05) is 4.72 Å². The van der Waals surface area contributed by atoms with Crippen LogP contribution in [0.5, 0.6) is 0 Å². The summed E-state index contributed by atoms with van der Waals surface area (Å²) in [7, 11) is -3.77. The average molecular weight is 391 g/mol. The van der Waals surface area contributed by atoms with Crippen molar-refractivity contribution in [2.45, 2.75) is 24.7 Å². The predicted molar refractivity (Wildman–Crippen MR) is 99.8 cm³/mol. The van der Waals surface area contributed by atoms with Crippen molar-refractivity contribution < 1.29 is 18.3 Å². The number of aryl methyl sites for hydroxylation is 2. The molecule has 2 aromatic heterocycles. The fourth-order valence-corrected chi connectivity index (χ4v) is 4.31. The standard InChI is InChI=1S/C17H17N3O4S2/c1-11-8-9-25-17(11)14-10-15(19-18-14)20-26(23,24)13-5-2-12(3-6-13)4-7-16(21)22/h2-3,5-6,8-10H,4,7H2,1H3,(H,21,22)(H2,18,19,20). The Morgan fingerprint density at radius 2 is 2.00 bits per heavy atom. The SMILES string of the molecule is Cc1ccsc1-c1cc(NS(=O)(=O)c2ccc(CCC(=O)O)cc2)n[nH]1. The highest BCUT2D eigenvalue weighted by Crippen LogP contribution is 2.29. The number of hydrogen-bond acceptors (Lipinski definition) is 5. The summed E-state index contributed by atoms with van der Waals surface area (Å²) in [5.74, 6) is -0.679. The third kappa shape index (κ3) is 4.12. The summed E-state index contributed by atoms with van der Waals surface area (Å²) >= 11 is 1.55. The number of benzene rings is 1. The van der Waals surface area contributed by atoms with E-state index in [1.54, 1.807) is 29.5 Å². The summed E-state index contributed by atoms with van der Waals surface area (Å²) in [4.78, 5) is 11.7. The number of nitrogens with zero attached hydrogens (tertiary/aromatic N) is 1. The van der Waals surface area contributed by atoms with Crippen LogP contribution in [0.1, 0.15) is 17.5 Å². The van der Waals surface area contributed by atoms with Crippen LogP contribution >= 0.6 is 11.3 Å². The fraction of sp³-hybridized carbons (Fsp3) is 0.176. The molecule has 3 N–H and O–H groups in total. The van der Waals surface area contributed by atoms with Crippen LogP contribution in [0, 0.1) is 6.92 Å². The number of carboxylic acids is 1. The number of H-pyrrole nitrogens is 1. The van der Waals surface area contributed by atoms with Crippen molar-refractivity contribution in [3.63, 3.8) is 0 Å². The number of anilines is 1. The molecule has 7 nitrogen and oxygen atoms in total. The second-order valence-corrected chi connectivity index (χ2v) is 8.34. The van der Waals surface area contributed by atoms with Crippen molar-refractivity contribution in [1.82, 2.24) is 10.2 Å². The number of aromatic amines is 1. The van der Waals surface area contributed by atoms with Gasteiger partial charge in [0.25, 0.3) is 10.0 Å². The third-order valence-electron chi connectivity index (χ3n) is 3.78. The molecule has 26 heavy (non-hydrogen) atoms.